The van der Waals surface area contributed by atoms with E-state index in [1.165, 1.54) is 17.0 Å². The van der Waals surface area contributed by atoms with Gasteiger partial charge in [0, 0.05) is 37.6 Å². The fourth-order valence-corrected chi connectivity index (χ4v) is 3.97. The quantitative estimate of drug-likeness (QED) is 0.885. The number of anilines is 2. The smallest absolute Gasteiger partial charge is 0.258 e. The summed E-state index contributed by atoms with van der Waals surface area (Å²) >= 11 is 13.1. The second kappa shape index (κ2) is 7.09. The van der Waals surface area contributed by atoms with Gasteiger partial charge in [-0.25, -0.2) is 0 Å². The molecule has 23 heavy (non-hydrogen) atoms. The summed E-state index contributed by atoms with van der Waals surface area (Å²) in [4.78, 5) is 16.9. The van der Waals surface area contributed by atoms with Crippen molar-refractivity contribution in [3.8, 4) is 0 Å². The zero-order valence-corrected chi connectivity index (χ0v) is 15.0. The number of benzene rings is 1. The van der Waals surface area contributed by atoms with Crippen LogP contribution in [0.2, 0.25) is 8.67 Å². The fourth-order valence-electron chi connectivity index (χ4n) is 2.51. The molecular formula is C16H17Cl2N3OS. The second-order valence-corrected chi connectivity index (χ2v) is 7.81. The Morgan fingerprint density at radius 1 is 1.13 bits per heavy atom. The van der Waals surface area contributed by atoms with Crippen LogP contribution in [-0.4, -0.2) is 44.0 Å². The van der Waals surface area contributed by atoms with Gasteiger partial charge in [-0.3, -0.25) is 4.79 Å². The van der Waals surface area contributed by atoms with Crippen LogP contribution in [0.15, 0.2) is 30.3 Å². The molecule has 1 saturated heterocycles. The van der Waals surface area contributed by atoms with Gasteiger partial charge in [-0.05, 0) is 37.4 Å². The number of hydrogen-bond donors (Lipinski definition) is 1. The standard InChI is InChI=1S/C16H17Cl2N3OS/c1-20-6-8-21(9-7-20)12-4-2-11(3-5-12)19-16(22)13-10-14(17)23-15(13)18/h2-5,10H,6-9H2,1H3,(H,19,22). The maximum atomic E-state index is 12.2. The topological polar surface area (TPSA) is 35.6 Å². The molecular weight excluding hydrogens is 353 g/mol. The summed E-state index contributed by atoms with van der Waals surface area (Å²) in [5.74, 6) is -0.245. The summed E-state index contributed by atoms with van der Waals surface area (Å²) in [6.45, 7) is 4.17. The average Bonchev–Trinajstić information content (AvgIpc) is 2.88. The molecule has 0 bridgehead atoms. The summed E-state index contributed by atoms with van der Waals surface area (Å²) in [5.41, 5.74) is 2.32. The van der Waals surface area contributed by atoms with Gasteiger partial charge in [0.2, 0.25) is 0 Å². The van der Waals surface area contributed by atoms with Crippen LogP contribution in [0.5, 0.6) is 0 Å². The van der Waals surface area contributed by atoms with Crippen molar-refractivity contribution in [3.05, 3.63) is 44.6 Å². The minimum Gasteiger partial charge on any atom is -0.369 e. The van der Waals surface area contributed by atoms with E-state index >= 15 is 0 Å². The van der Waals surface area contributed by atoms with Crippen molar-refractivity contribution in [2.75, 3.05) is 43.4 Å². The molecule has 7 heteroatoms. The number of amides is 1. The molecule has 0 aliphatic carbocycles. The Hall–Kier alpha value is -1.27. The van der Waals surface area contributed by atoms with Gasteiger partial charge in [0.1, 0.15) is 4.34 Å². The molecule has 122 valence electrons. The lowest BCUT2D eigenvalue weighted by Crippen LogP contribution is -2.44. The van der Waals surface area contributed by atoms with E-state index < -0.39 is 0 Å². The number of thiophene rings is 1. The van der Waals surface area contributed by atoms with Gasteiger partial charge < -0.3 is 15.1 Å². The first kappa shape index (κ1) is 16.6. The Morgan fingerprint density at radius 2 is 1.78 bits per heavy atom. The van der Waals surface area contributed by atoms with Crippen LogP contribution in [-0.2, 0) is 0 Å². The summed E-state index contributed by atoms with van der Waals surface area (Å²) in [5, 5.41) is 2.85. The number of hydrogen-bond acceptors (Lipinski definition) is 4. The van der Waals surface area contributed by atoms with Gasteiger partial charge >= 0.3 is 0 Å². The Morgan fingerprint density at radius 3 is 2.35 bits per heavy atom. The monoisotopic (exact) mass is 369 g/mol. The van der Waals surface area contributed by atoms with Crippen molar-refractivity contribution in [2.45, 2.75) is 0 Å². The Bertz CT molecular complexity index is 694. The van der Waals surface area contributed by atoms with E-state index in [0.29, 0.717) is 14.2 Å². The second-order valence-electron chi connectivity index (χ2n) is 5.53. The number of likely N-dealkylation sites (N-methyl/N-ethyl adjacent to an activating group) is 1. The number of piperazine rings is 1. The molecule has 4 nitrogen and oxygen atoms in total. The van der Waals surface area contributed by atoms with Crippen LogP contribution >= 0.6 is 34.5 Å². The van der Waals surface area contributed by atoms with Crippen LogP contribution in [0, 0.1) is 0 Å². The summed E-state index contributed by atoms with van der Waals surface area (Å²) in [7, 11) is 2.14. The highest BCUT2D eigenvalue weighted by molar-refractivity contribution is 7.20. The molecule has 0 atom stereocenters. The molecule has 1 fully saturated rings. The third kappa shape index (κ3) is 3.98. The summed E-state index contributed by atoms with van der Waals surface area (Å²) in [6, 6.07) is 9.47. The fraction of sp³-hybridized carbons (Fsp3) is 0.312. The number of nitrogens with zero attached hydrogens (tertiary/aromatic N) is 2. The lowest BCUT2D eigenvalue weighted by molar-refractivity contribution is 0.102. The molecule has 0 radical (unpaired) electrons. The zero-order valence-electron chi connectivity index (χ0n) is 12.7. The summed E-state index contributed by atoms with van der Waals surface area (Å²) in [6.07, 6.45) is 0. The van der Waals surface area contributed by atoms with Crippen molar-refractivity contribution in [1.82, 2.24) is 4.90 Å². The van der Waals surface area contributed by atoms with Gasteiger partial charge in [-0.2, -0.15) is 0 Å². The van der Waals surface area contributed by atoms with Crippen molar-refractivity contribution in [1.29, 1.82) is 0 Å². The number of carbonyl (C=O) groups excluding carboxylic acids is 1. The first-order valence-electron chi connectivity index (χ1n) is 7.32. The average molecular weight is 370 g/mol. The van der Waals surface area contributed by atoms with Crippen LogP contribution in [0.3, 0.4) is 0 Å². The number of rotatable bonds is 3. The van der Waals surface area contributed by atoms with Gasteiger partial charge in [-0.1, -0.05) is 23.2 Å². The maximum Gasteiger partial charge on any atom is 0.258 e. The highest BCUT2D eigenvalue weighted by Crippen LogP contribution is 2.31. The minimum atomic E-state index is -0.245. The molecule has 2 heterocycles. The number of carbonyl (C=O) groups is 1. The van der Waals surface area contributed by atoms with Crippen molar-refractivity contribution >= 4 is 51.8 Å². The molecule has 0 saturated carbocycles. The lowest BCUT2D eigenvalue weighted by atomic mass is 10.2. The van der Waals surface area contributed by atoms with Crippen LogP contribution in [0.4, 0.5) is 11.4 Å². The van der Waals surface area contributed by atoms with Gasteiger partial charge in [0.25, 0.3) is 5.91 Å². The molecule has 1 amide bonds. The van der Waals surface area contributed by atoms with Crippen molar-refractivity contribution < 1.29 is 4.79 Å². The van der Waals surface area contributed by atoms with E-state index in [4.69, 9.17) is 23.2 Å². The zero-order chi connectivity index (χ0) is 16.4. The Kier molecular flexibility index (Phi) is 5.11. The van der Waals surface area contributed by atoms with E-state index in [2.05, 4.69) is 22.2 Å². The molecule has 0 unspecified atom stereocenters. The minimum absolute atomic E-state index is 0.245. The predicted octanol–water partition coefficient (Wildman–Crippen LogP) is 4.06. The molecule has 2 aromatic rings. The maximum absolute atomic E-state index is 12.2. The predicted molar refractivity (Wildman–Crippen MR) is 98.4 cm³/mol. The largest absolute Gasteiger partial charge is 0.369 e. The molecule has 1 aromatic carbocycles. The third-order valence-corrected chi connectivity index (χ3v) is 5.38. The van der Waals surface area contributed by atoms with Crippen molar-refractivity contribution in [3.63, 3.8) is 0 Å². The van der Waals surface area contributed by atoms with E-state index in [9.17, 15) is 4.79 Å². The van der Waals surface area contributed by atoms with E-state index in [1.807, 2.05) is 24.3 Å². The van der Waals surface area contributed by atoms with Gasteiger partial charge in [0.15, 0.2) is 0 Å². The molecule has 1 aliphatic heterocycles. The lowest BCUT2D eigenvalue weighted by Gasteiger charge is -2.34. The highest BCUT2D eigenvalue weighted by atomic mass is 35.5. The van der Waals surface area contributed by atoms with Gasteiger partial charge in [-0.15, -0.1) is 11.3 Å². The van der Waals surface area contributed by atoms with Crippen molar-refractivity contribution in [2.24, 2.45) is 0 Å². The highest BCUT2D eigenvalue weighted by Gasteiger charge is 2.16. The first-order valence-corrected chi connectivity index (χ1v) is 8.90. The number of halogens is 2. The van der Waals surface area contributed by atoms with Gasteiger partial charge in [0.05, 0.1) is 9.90 Å². The number of nitrogens with one attached hydrogen (secondary N) is 1. The van der Waals surface area contributed by atoms with Crippen LogP contribution in [0.25, 0.3) is 0 Å². The molecule has 1 aromatic heterocycles. The molecule has 0 spiro atoms. The van der Waals surface area contributed by atoms with Crippen LogP contribution < -0.4 is 10.2 Å². The SMILES string of the molecule is CN1CCN(c2ccc(NC(=O)c3cc(Cl)sc3Cl)cc2)CC1. The third-order valence-electron chi connectivity index (χ3n) is 3.89. The Balaban J connectivity index is 1.65. The Labute approximate surface area is 149 Å². The van der Waals surface area contributed by atoms with E-state index in [-0.39, 0.29) is 5.91 Å². The first-order chi connectivity index (χ1) is 11.0. The van der Waals surface area contributed by atoms with E-state index in [0.717, 1.165) is 31.9 Å². The molecule has 3 rings (SSSR count). The van der Waals surface area contributed by atoms with Crippen LogP contribution in [0.1, 0.15) is 10.4 Å². The van der Waals surface area contributed by atoms with E-state index in [1.54, 1.807) is 6.07 Å². The molecule has 1 N–H and O–H groups in total. The summed E-state index contributed by atoms with van der Waals surface area (Å²) < 4.78 is 0.909. The molecule has 1 aliphatic rings. The normalized spacial score (nSPS) is 15.7.